The van der Waals surface area contributed by atoms with E-state index < -0.39 is 0 Å². The van der Waals surface area contributed by atoms with Gasteiger partial charge in [0, 0.05) is 18.4 Å². The molecule has 8 heteroatoms. The van der Waals surface area contributed by atoms with Crippen LogP contribution in [0.3, 0.4) is 0 Å². The molecule has 0 spiro atoms. The SMILES string of the molecule is NNc1nc(NC2CCC2)nc(-n2ccnc2)n1. The van der Waals surface area contributed by atoms with Gasteiger partial charge in [0.25, 0.3) is 0 Å². The van der Waals surface area contributed by atoms with Crippen LogP contribution in [0.4, 0.5) is 11.9 Å². The maximum atomic E-state index is 5.36. The number of aromatic nitrogens is 5. The third-order valence-electron chi connectivity index (χ3n) is 2.93. The summed E-state index contributed by atoms with van der Waals surface area (Å²) in [5, 5.41) is 3.26. The maximum Gasteiger partial charge on any atom is 0.243 e. The lowest BCUT2D eigenvalue weighted by molar-refractivity contribution is 0.443. The summed E-state index contributed by atoms with van der Waals surface area (Å²) in [4.78, 5) is 16.7. The van der Waals surface area contributed by atoms with Crippen molar-refractivity contribution in [2.45, 2.75) is 25.3 Å². The molecule has 0 unspecified atom stereocenters. The van der Waals surface area contributed by atoms with Crippen LogP contribution in [-0.4, -0.2) is 30.5 Å². The van der Waals surface area contributed by atoms with Crippen LogP contribution in [0.5, 0.6) is 0 Å². The summed E-state index contributed by atoms with van der Waals surface area (Å²) in [7, 11) is 0. The van der Waals surface area contributed by atoms with Crippen molar-refractivity contribution in [3.05, 3.63) is 18.7 Å². The van der Waals surface area contributed by atoms with E-state index in [1.165, 1.54) is 6.42 Å². The third kappa shape index (κ3) is 2.09. The molecule has 2 aromatic rings. The highest BCUT2D eigenvalue weighted by molar-refractivity contribution is 5.38. The first-order valence-corrected chi connectivity index (χ1v) is 5.83. The van der Waals surface area contributed by atoms with Gasteiger partial charge in [-0.15, -0.1) is 0 Å². The molecule has 18 heavy (non-hydrogen) atoms. The summed E-state index contributed by atoms with van der Waals surface area (Å²) < 4.78 is 1.70. The molecule has 0 bridgehead atoms. The molecule has 0 aliphatic heterocycles. The first-order valence-electron chi connectivity index (χ1n) is 5.83. The molecule has 4 N–H and O–H groups in total. The Bertz CT molecular complexity index is 519. The Labute approximate surface area is 104 Å². The maximum absolute atomic E-state index is 5.36. The molecule has 94 valence electrons. The Morgan fingerprint density at radius 3 is 2.67 bits per heavy atom. The Morgan fingerprint density at radius 2 is 2.06 bits per heavy atom. The molecule has 2 aromatic heterocycles. The Balaban J connectivity index is 1.90. The minimum atomic E-state index is 0.329. The average molecular weight is 246 g/mol. The lowest BCUT2D eigenvalue weighted by Crippen LogP contribution is -2.28. The van der Waals surface area contributed by atoms with Crippen molar-refractivity contribution < 1.29 is 0 Å². The number of nitrogens with zero attached hydrogens (tertiary/aromatic N) is 5. The minimum absolute atomic E-state index is 0.329. The summed E-state index contributed by atoms with van der Waals surface area (Å²) in [6, 6.07) is 0.452. The molecule has 2 heterocycles. The van der Waals surface area contributed by atoms with E-state index in [0.29, 0.717) is 23.9 Å². The van der Waals surface area contributed by atoms with Crippen molar-refractivity contribution in [3.63, 3.8) is 0 Å². The van der Waals surface area contributed by atoms with E-state index in [1.54, 1.807) is 23.3 Å². The van der Waals surface area contributed by atoms with Crippen LogP contribution in [0, 0.1) is 0 Å². The van der Waals surface area contributed by atoms with Crippen LogP contribution < -0.4 is 16.6 Å². The second kappa shape index (κ2) is 4.57. The molecular formula is C10H14N8. The normalized spacial score (nSPS) is 15.2. The highest BCUT2D eigenvalue weighted by atomic mass is 15.4. The lowest BCUT2D eigenvalue weighted by atomic mass is 9.93. The number of nitrogen functional groups attached to an aromatic ring is 1. The van der Waals surface area contributed by atoms with Gasteiger partial charge in [-0.3, -0.25) is 9.99 Å². The Kier molecular flexibility index (Phi) is 2.77. The number of nitrogens with one attached hydrogen (secondary N) is 2. The number of imidazole rings is 1. The number of nitrogens with two attached hydrogens (primary N) is 1. The van der Waals surface area contributed by atoms with E-state index in [2.05, 4.69) is 30.7 Å². The summed E-state index contributed by atoms with van der Waals surface area (Å²) in [6.45, 7) is 0. The quantitative estimate of drug-likeness (QED) is 0.526. The number of hydrogen-bond donors (Lipinski definition) is 3. The summed E-state index contributed by atoms with van der Waals surface area (Å²) >= 11 is 0. The van der Waals surface area contributed by atoms with Crippen molar-refractivity contribution in [2.75, 3.05) is 10.7 Å². The molecule has 0 radical (unpaired) electrons. The molecule has 1 aliphatic rings. The predicted molar refractivity (Wildman–Crippen MR) is 66.0 cm³/mol. The standard InChI is InChI=1S/C10H14N8/c11-17-9-14-8(13-7-2-1-3-7)15-10(16-9)18-5-4-12-6-18/h4-7H,1-3,11H2,(H2,13,14,15,16,17). The fourth-order valence-electron chi connectivity index (χ4n) is 1.72. The third-order valence-corrected chi connectivity index (χ3v) is 2.93. The van der Waals surface area contributed by atoms with Crippen molar-refractivity contribution in [2.24, 2.45) is 5.84 Å². The van der Waals surface area contributed by atoms with Gasteiger partial charge in [-0.2, -0.15) is 15.0 Å². The van der Waals surface area contributed by atoms with Crippen LogP contribution >= 0.6 is 0 Å². The molecular weight excluding hydrogens is 232 g/mol. The van der Waals surface area contributed by atoms with Gasteiger partial charge in [0.2, 0.25) is 17.8 Å². The molecule has 0 saturated heterocycles. The van der Waals surface area contributed by atoms with Crippen LogP contribution in [-0.2, 0) is 0 Å². The largest absolute Gasteiger partial charge is 0.351 e. The van der Waals surface area contributed by atoms with E-state index >= 15 is 0 Å². The topological polar surface area (TPSA) is 107 Å². The van der Waals surface area contributed by atoms with Gasteiger partial charge in [0.1, 0.15) is 6.33 Å². The van der Waals surface area contributed by atoms with E-state index in [4.69, 9.17) is 5.84 Å². The van der Waals surface area contributed by atoms with Crippen molar-refractivity contribution in [3.8, 4) is 5.95 Å². The number of hydrogen-bond acceptors (Lipinski definition) is 7. The summed E-state index contributed by atoms with van der Waals surface area (Å²) in [5.74, 6) is 6.71. The fourth-order valence-corrected chi connectivity index (χ4v) is 1.72. The lowest BCUT2D eigenvalue weighted by Gasteiger charge is -2.26. The first kappa shape index (κ1) is 10.9. The van der Waals surface area contributed by atoms with Gasteiger partial charge in [-0.1, -0.05) is 0 Å². The highest BCUT2D eigenvalue weighted by Crippen LogP contribution is 2.22. The zero-order chi connectivity index (χ0) is 12.4. The van der Waals surface area contributed by atoms with E-state index in [9.17, 15) is 0 Å². The van der Waals surface area contributed by atoms with Crippen LogP contribution in [0.1, 0.15) is 19.3 Å². The smallest absolute Gasteiger partial charge is 0.243 e. The van der Waals surface area contributed by atoms with Gasteiger partial charge >= 0.3 is 0 Å². The van der Waals surface area contributed by atoms with Crippen molar-refractivity contribution >= 4 is 11.9 Å². The fraction of sp³-hybridized carbons (Fsp3) is 0.400. The molecule has 3 rings (SSSR count). The molecule has 1 fully saturated rings. The zero-order valence-electron chi connectivity index (χ0n) is 9.74. The van der Waals surface area contributed by atoms with E-state index in [-0.39, 0.29) is 0 Å². The molecule has 1 saturated carbocycles. The van der Waals surface area contributed by atoms with Gasteiger partial charge < -0.3 is 5.32 Å². The van der Waals surface area contributed by atoms with Gasteiger partial charge in [-0.05, 0) is 19.3 Å². The monoisotopic (exact) mass is 246 g/mol. The Hall–Kier alpha value is -2.22. The Morgan fingerprint density at radius 1 is 1.22 bits per heavy atom. The number of anilines is 2. The second-order valence-electron chi connectivity index (χ2n) is 4.17. The van der Waals surface area contributed by atoms with Gasteiger partial charge in [-0.25, -0.2) is 10.8 Å². The second-order valence-corrected chi connectivity index (χ2v) is 4.17. The molecule has 1 aliphatic carbocycles. The van der Waals surface area contributed by atoms with Gasteiger partial charge in [0.05, 0.1) is 0 Å². The number of hydrazine groups is 1. The molecule has 0 amide bonds. The minimum Gasteiger partial charge on any atom is -0.351 e. The van der Waals surface area contributed by atoms with Crippen LogP contribution in [0.25, 0.3) is 5.95 Å². The zero-order valence-corrected chi connectivity index (χ0v) is 9.74. The van der Waals surface area contributed by atoms with Gasteiger partial charge in [0.15, 0.2) is 0 Å². The van der Waals surface area contributed by atoms with Crippen LogP contribution in [0.15, 0.2) is 18.7 Å². The highest BCUT2D eigenvalue weighted by Gasteiger charge is 2.19. The molecule has 0 aromatic carbocycles. The van der Waals surface area contributed by atoms with E-state index in [0.717, 1.165) is 12.8 Å². The average Bonchev–Trinajstić information content (AvgIpc) is 2.87. The van der Waals surface area contributed by atoms with Crippen LogP contribution in [0.2, 0.25) is 0 Å². The van der Waals surface area contributed by atoms with Crippen molar-refractivity contribution in [1.29, 1.82) is 0 Å². The summed E-state index contributed by atoms with van der Waals surface area (Å²) in [6.07, 6.45) is 8.61. The molecule has 8 nitrogen and oxygen atoms in total. The first-order chi connectivity index (χ1) is 8.85. The summed E-state index contributed by atoms with van der Waals surface area (Å²) in [5.41, 5.74) is 2.44. The predicted octanol–water partition coefficient (Wildman–Crippen LogP) is 0.307. The van der Waals surface area contributed by atoms with E-state index in [1.807, 2.05) is 0 Å². The molecule has 0 atom stereocenters. The number of rotatable bonds is 4. The van der Waals surface area contributed by atoms with Crippen molar-refractivity contribution in [1.82, 2.24) is 24.5 Å².